The minimum Gasteiger partial charge on any atom is -0.292 e. The second-order valence-electron chi connectivity index (χ2n) is 5.73. The van der Waals surface area contributed by atoms with Gasteiger partial charge in [0, 0.05) is 24.8 Å². The highest BCUT2D eigenvalue weighted by Gasteiger charge is 2.06. The van der Waals surface area contributed by atoms with Crippen molar-refractivity contribution in [3.05, 3.63) is 72.1 Å². The fraction of sp³-hybridized carbons (Fsp3) is 0.190. The molecule has 0 saturated carbocycles. The van der Waals surface area contributed by atoms with Gasteiger partial charge in [-0.15, -0.1) is 0 Å². The number of ketones is 1. The van der Waals surface area contributed by atoms with E-state index in [1.54, 1.807) is 6.07 Å². The van der Waals surface area contributed by atoms with Crippen LogP contribution in [0.3, 0.4) is 0 Å². The molecular weight excluding hydrogens is 296 g/mol. The van der Waals surface area contributed by atoms with Gasteiger partial charge < -0.3 is 0 Å². The number of fused-ring (bicyclic) bond motifs is 1. The maximum absolute atomic E-state index is 11.9. The number of aliphatic imine (C=N–C) groups is 1. The Morgan fingerprint density at radius 2 is 1.88 bits per heavy atom. The van der Waals surface area contributed by atoms with Crippen molar-refractivity contribution in [1.82, 2.24) is 4.98 Å². The molecule has 0 atom stereocenters. The van der Waals surface area contributed by atoms with E-state index in [4.69, 9.17) is 0 Å². The van der Waals surface area contributed by atoms with Crippen molar-refractivity contribution in [1.29, 1.82) is 0 Å². The van der Waals surface area contributed by atoms with Crippen LogP contribution in [0.5, 0.6) is 0 Å². The number of carbonyl (C=O) groups excluding carboxylic acids is 1. The first-order chi connectivity index (χ1) is 11.8. The smallest absolute Gasteiger partial charge is 0.181 e. The molecule has 0 fully saturated rings. The van der Waals surface area contributed by atoms with Crippen molar-refractivity contribution in [2.24, 2.45) is 4.99 Å². The normalized spacial score (nSPS) is 11.2. The Bertz CT molecular complexity index is 884. The van der Waals surface area contributed by atoms with E-state index < -0.39 is 0 Å². The number of benzene rings is 2. The van der Waals surface area contributed by atoms with E-state index >= 15 is 0 Å². The van der Waals surface area contributed by atoms with Gasteiger partial charge in [-0.3, -0.25) is 9.79 Å². The summed E-state index contributed by atoms with van der Waals surface area (Å²) in [6, 6.07) is 20.0. The molecule has 3 rings (SSSR count). The summed E-state index contributed by atoms with van der Waals surface area (Å²) in [4.78, 5) is 20.9. The van der Waals surface area contributed by atoms with Crippen LogP contribution in [0.1, 0.15) is 35.9 Å². The fourth-order valence-electron chi connectivity index (χ4n) is 2.61. The summed E-state index contributed by atoms with van der Waals surface area (Å²) in [5.41, 5.74) is 2.34. The van der Waals surface area contributed by atoms with E-state index in [9.17, 15) is 4.79 Å². The van der Waals surface area contributed by atoms with Gasteiger partial charge in [0.2, 0.25) is 0 Å². The number of aromatic nitrogens is 1. The van der Waals surface area contributed by atoms with Gasteiger partial charge in [0.05, 0.1) is 5.69 Å². The number of pyridine rings is 1. The van der Waals surface area contributed by atoms with Crippen LogP contribution in [0.15, 0.2) is 65.7 Å². The quantitative estimate of drug-likeness (QED) is 0.465. The van der Waals surface area contributed by atoms with Gasteiger partial charge in [-0.1, -0.05) is 43.3 Å². The number of nitrogens with zero attached hydrogens (tertiary/aromatic N) is 2. The highest BCUT2D eigenvalue weighted by atomic mass is 16.1. The molecule has 3 aromatic rings. The highest BCUT2D eigenvalue weighted by molar-refractivity contribution is 5.94. The average Bonchev–Trinajstić information content (AvgIpc) is 2.62. The summed E-state index contributed by atoms with van der Waals surface area (Å²) in [5.74, 6) is 0.103. The largest absolute Gasteiger partial charge is 0.292 e. The molecule has 0 bridgehead atoms. The zero-order valence-corrected chi connectivity index (χ0v) is 13.8. The van der Waals surface area contributed by atoms with Gasteiger partial charge in [0.1, 0.15) is 5.69 Å². The first-order valence-corrected chi connectivity index (χ1v) is 8.27. The second-order valence-corrected chi connectivity index (χ2v) is 5.73. The van der Waals surface area contributed by atoms with E-state index in [2.05, 4.69) is 34.2 Å². The Labute approximate surface area is 142 Å². The predicted molar refractivity (Wildman–Crippen MR) is 99.3 cm³/mol. The van der Waals surface area contributed by atoms with E-state index in [1.807, 2.05) is 43.5 Å². The predicted octanol–water partition coefficient (Wildman–Crippen LogP) is 5.16. The maximum atomic E-state index is 11.9. The van der Waals surface area contributed by atoms with Crippen LogP contribution in [-0.2, 0) is 6.42 Å². The first-order valence-electron chi connectivity index (χ1n) is 8.27. The van der Waals surface area contributed by atoms with Crippen molar-refractivity contribution in [3.8, 4) is 0 Å². The average molecular weight is 316 g/mol. The van der Waals surface area contributed by atoms with Crippen LogP contribution < -0.4 is 0 Å². The van der Waals surface area contributed by atoms with Crippen molar-refractivity contribution in [3.63, 3.8) is 0 Å². The van der Waals surface area contributed by atoms with Gasteiger partial charge in [-0.25, -0.2) is 4.98 Å². The minimum absolute atomic E-state index is 0.103. The van der Waals surface area contributed by atoms with Crippen LogP contribution in [0.2, 0.25) is 0 Å². The van der Waals surface area contributed by atoms with Crippen molar-refractivity contribution in [2.75, 3.05) is 0 Å². The maximum Gasteiger partial charge on any atom is 0.181 e. The minimum atomic E-state index is 0.103. The Kier molecular flexibility index (Phi) is 5.12. The molecule has 0 amide bonds. The van der Waals surface area contributed by atoms with Gasteiger partial charge in [0.25, 0.3) is 0 Å². The lowest BCUT2D eigenvalue weighted by molar-refractivity contribution is 0.0976. The van der Waals surface area contributed by atoms with Gasteiger partial charge in [-0.05, 0) is 41.5 Å². The topological polar surface area (TPSA) is 42.3 Å². The monoisotopic (exact) mass is 316 g/mol. The van der Waals surface area contributed by atoms with Crippen molar-refractivity contribution < 1.29 is 4.79 Å². The van der Waals surface area contributed by atoms with Gasteiger partial charge in [0.15, 0.2) is 5.78 Å². The molecule has 1 heterocycles. The number of carbonyl (C=O) groups is 1. The molecule has 3 nitrogen and oxygen atoms in total. The van der Waals surface area contributed by atoms with Crippen molar-refractivity contribution >= 4 is 28.5 Å². The first kappa shape index (κ1) is 16.1. The van der Waals surface area contributed by atoms with Crippen molar-refractivity contribution in [2.45, 2.75) is 26.2 Å². The highest BCUT2D eigenvalue weighted by Crippen LogP contribution is 2.20. The zero-order chi connectivity index (χ0) is 16.8. The standard InChI is InChI=1S/C21H20N2O/c1-2-6-21(24)20-10-5-9-18(23-20)13-14-22-19-12-11-16-7-3-4-8-17(16)15-19/h3-5,7-12,14-15H,2,6,13H2,1H3. The molecule has 1 aromatic heterocycles. The lowest BCUT2D eigenvalue weighted by Crippen LogP contribution is -2.03. The molecule has 0 N–H and O–H groups in total. The molecule has 0 unspecified atom stereocenters. The third-order valence-electron chi connectivity index (χ3n) is 3.84. The van der Waals surface area contributed by atoms with Crippen LogP contribution in [0.4, 0.5) is 5.69 Å². The number of rotatable bonds is 6. The van der Waals surface area contributed by atoms with Crippen LogP contribution in [0.25, 0.3) is 10.8 Å². The summed E-state index contributed by atoms with van der Waals surface area (Å²) in [7, 11) is 0. The Hall–Kier alpha value is -2.81. The molecule has 0 spiro atoms. The lowest BCUT2D eigenvalue weighted by atomic mass is 10.1. The molecule has 3 heteroatoms. The Morgan fingerprint density at radius 3 is 2.71 bits per heavy atom. The summed E-state index contributed by atoms with van der Waals surface area (Å²) in [5, 5.41) is 2.39. The number of hydrogen-bond acceptors (Lipinski definition) is 3. The molecular formula is C21H20N2O. The van der Waals surface area contributed by atoms with Crippen LogP contribution in [0, 0.1) is 0 Å². The third-order valence-corrected chi connectivity index (χ3v) is 3.84. The number of Topliss-reactive ketones (excluding diaryl/α,β-unsaturated/α-hetero) is 1. The van der Waals surface area contributed by atoms with E-state index in [0.717, 1.165) is 17.8 Å². The van der Waals surface area contributed by atoms with E-state index in [-0.39, 0.29) is 5.78 Å². The SMILES string of the molecule is CCCC(=O)c1cccc(CC=Nc2ccc3ccccc3c2)n1. The summed E-state index contributed by atoms with van der Waals surface area (Å²) in [6.45, 7) is 2.00. The zero-order valence-electron chi connectivity index (χ0n) is 13.8. The van der Waals surface area contributed by atoms with Crippen LogP contribution in [-0.4, -0.2) is 17.0 Å². The Balaban J connectivity index is 1.71. The van der Waals surface area contributed by atoms with E-state index in [1.165, 1.54) is 10.8 Å². The lowest BCUT2D eigenvalue weighted by Gasteiger charge is -2.01. The molecule has 0 aliphatic rings. The molecule has 0 radical (unpaired) electrons. The molecule has 120 valence electrons. The summed E-state index contributed by atoms with van der Waals surface area (Å²) in [6.07, 6.45) is 3.84. The van der Waals surface area contributed by atoms with E-state index in [0.29, 0.717) is 18.5 Å². The van der Waals surface area contributed by atoms with Gasteiger partial charge in [-0.2, -0.15) is 0 Å². The number of hydrogen-bond donors (Lipinski definition) is 0. The molecule has 0 aliphatic heterocycles. The molecule has 24 heavy (non-hydrogen) atoms. The second kappa shape index (κ2) is 7.64. The molecule has 0 aliphatic carbocycles. The van der Waals surface area contributed by atoms with Gasteiger partial charge >= 0.3 is 0 Å². The molecule has 2 aromatic carbocycles. The fourth-order valence-corrected chi connectivity index (χ4v) is 2.61. The third kappa shape index (κ3) is 3.93. The summed E-state index contributed by atoms with van der Waals surface area (Å²) >= 11 is 0. The Morgan fingerprint density at radius 1 is 1.04 bits per heavy atom. The molecule has 0 saturated heterocycles. The van der Waals surface area contributed by atoms with Crippen LogP contribution >= 0.6 is 0 Å². The summed E-state index contributed by atoms with van der Waals surface area (Å²) < 4.78 is 0.